The van der Waals surface area contributed by atoms with E-state index in [1.165, 1.54) is 0 Å². The zero-order chi connectivity index (χ0) is 12.7. The number of nitrogens with zero attached hydrogens (tertiary/aromatic N) is 1. The van der Waals surface area contributed by atoms with Gasteiger partial charge >= 0.3 is 0 Å². The smallest absolute Gasteiger partial charge is 0.0753 e. The second-order valence-corrected chi connectivity index (χ2v) is 5.45. The van der Waals surface area contributed by atoms with Crippen LogP contribution in [0, 0.1) is 0 Å². The predicted molar refractivity (Wildman–Crippen MR) is 70.4 cm³/mol. The molecular weight excluding hydrogens is 216 g/mol. The van der Waals surface area contributed by atoms with Crippen LogP contribution in [0.4, 0.5) is 0 Å². The summed E-state index contributed by atoms with van der Waals surface area (Å²) in [7, 11) is 1.77. The summed E-state index contributed by atoms with van der Waals surface area (Å²) in [4.78, 5) is 2.47. The maximum atomic E-state index is 5.72. The maximum absolute atomic E-state index is 5.72. The Morgan fingerprint density at radius 1 is 1.47 bits per heavy atom. The highest BCUT2D eigenvalue weighted by atomic mass is 16.5. The van der Waals surface area contributed by atoms with Gasteiger partial charge in [-0.15, -0.1) is 0 Å². The fourth-order valence-corrected chi connectivity index (χ4v) is 2.31. The molecule has 0 radical (unpaired) electrons. The average Bonchev–Trinajstić information content (AvgIpc) is 2.25. The normalized spacial score (nSPS) is 22.6. The quantitative estimate of drug-likeness (QED) is 0.727. The molecule has 1 N–H and O–H groups in total. The van der Waals surface area contributed by atoms with E-state index in [4.69, 9.17) is 9.47 Å². The summed E-state index contributed by atoms with van der Waals surface area (Å²) in [5.41, 5.74) is -0.0133. The monoisotopic (exact) mass is 244 g/mol. The van der Waals surface area contributed by atoms with Crippen molar-refractivity contribution in [2.45, 2.75) is 38.8 Å². The molecule has 1 heterocycles. The summed E-state index contributed by atoms with van der Waals surface area (Å²) in [5, 5.41) is 3.54. The highest BCUT2D eigenvalue weighted by Gasteiger charge is 2.28. The summed E-state index contributed by atoms with van der Waals surface area (Å²) in [6.45, 7) is 12.2. The first-order chi connectivity index (χ1) is 8.07. The van der Waals surface area contributed by atoms with Gasteiger partial charge in [0.05, 0.1) is 18.8 Å². The van der Waals surface area contributed by atoms with E-state index in [1.54, 1.807) is 7.11 Å². The largest absolute Gasteiger partial charge is 0.383 e. The topological polar surface area (TPSA) is 33.7 Å². The van der Waals surface area contributed by atoms with E-state index in [1.807, 2.05) is 0 Å². The van der Waals surface area contributed by atoms with Gasteiger partial charge in [0.1, 0.15) is 0 Å². The molecule has 1 fully saturated rings. The number of hydrogen-bond donors (Lipinski definition) is 1. The molecule has 1 atom stereocenters. The zero-order valence-corrected chi connectivity index (χ0v) is 11.8. The molecule has 1 aliphatic rings. The van der Waals surface area contributed by atoms with Crippen LogP contribution in [-0.4, -0.2) is 63.0 Å². The Morgan fingerprint density at radius 2 is 2.24 bits per heavy atom. The van der Waals surface area contributed by atoms with Crippen LogP contribution in [-0.2, 0) is 9.47 Å². The molecule has 0 aliphatic carbocycles. The molecule has 0 saturated carbocycles. The molecule has 102 valence electrons. The summed E-state index contributed by atoms with van der Waals surface area (Å²) in [6, 6.07) is 0.425. The van der Waals surface area contributed by atoms with Crippen LogP contribution in [0.25, 0.3) is 0 Å². The number of morpholine rings is 1. The van der Waals surface area contributed by atoms with Gasteiger partial charge in [0.25, 0.3) is 0 Å². The van der Waals surface area contributed by atoms with Crippen molar-refractivity contribution in [1.82, 2.24) is 10.2 Å². The van der Waals surface area contributed by atoms with E-state index in [9.17, 15) is 0 Å². The lowest BCUT2D eigenvalue weighted by Crippen LogP contribution is -2.53. The maximum Gasteiger partial charge on any atom is 0.0753 e. The van der Waals surface area contributed by atoms with Crippen molar-refractivity contribution in [3.8, 4) is 0 Å². The Labute approximate surface area is 106 Å². The van der Waals surface area contributed by atoms with Crippen molar-refractivity contribution in [2.24, 2.45) is 0 Å². The van der Waals surface area contributed by atoms with Gasteiger partial charge in [0.2, 0.25) is 0 Å². The molecule has 1 aliphatic heterocycles. The molecule has 0 aromatic carbocycles. The number of ether oxygens (including phenoxy) is 2. The van der Waals surface area contributed by atoms with Gasteiger partial charge in [-0.1, -0.05) is 6.92 Å². The second kappa shape index (κ2) is 7.31. The van der Waals surface area contributed by atoms with E-state index >= 15 is 0 Å². The van der Waals surface area contributed by atoms with Crippen LogP contribution in [0.2, 0.25) is 0 Å². The summed E-state index contributed by atoms with van der Waals surface area (Å²) in [6.07, 6.45) is 1.16. The van der Waals surface area contributed by atoms with Gasteiger partial charge in [-0.3, -0.25) is 4.90 Å². The Hall–Kier alpha value is -0.160. The first-order valence-electron chi connectivity index (χ1n) is 6.66. The van der Waals surface area contributed by atoms with Gasteiger partial charge in [-0.2, -0.15) is 0 Å². The van der Waals surface area contributed by atoms with Crippen LogP contribution in [0.5, 0.6) is 0 Å². The molecular formula is C13H28N2O2. The van der Waals surface area contributed by atoms with Crippen LogP contribution >= 0.6 is 0 Å². The number of nitrogens with one attached hydrogen (secondary N) is 1. The molecule has 4 heteroatoms. The molecule has 0 amide bonds. The van der Waals surface area contributed by atoms with Crippen LogP contribution in [0.1, 0.15) is 27.2 Å². The Balaban J connectivity index is 2.37. The average molecular weight is 244 g/mol. The highest BCUT2D eigenvalue weighted by molar-refractivity contribution is 4.82. The highest BCUT2D eigenvalue weighted by Crippen LogP contribution is 2.16. The van der Waals surface area contributed by atoms with E-state index in [2.05, 4.69) is 31.0 Å². The van der Waals surface area contributed by atoms with Gasteiger partial charge in [-0.05, 0) is 26.8 Å². The van der Waals surface area contributed by atoms with E-state index < -0.39 is 0 Å². The van der Waals surface area contributed by atoms with Crippen LogP contribution < -0.4 is 5.32 Å². The standard InChI is InChI=1S/C13H28N2O2/c1-5-6-14-12(10-16-4)9-15-7-8-17-13(2,3)11-15/h12,14H,5-11H2,1-4H3. The van der Waals surface area contributed by atoms with Crippen LogP contribution in [0.15, 0.2) is 0 Å². The van der Waals surface area contributed by atoms with Crippen LogP contribution in [0.3, 0.4) is 0 Å². The third kappa shape index (κ3) is 5.82. The van der Waals surface area contributed by atoms with Crippen molar-refractivity contribution in [2.75, 3.05) is 46.5 Å². The van der Waals surface area contributed by atoms with Gasteiger partial charge in [0, 0.05) is 32.8 Å². The van der Waals surface area contributed by atoms with Crippen molar-refractivity contribution in [3.05, 3.63) is 0 Å². The lowest BCUT2D eigenvalue weighted by atomic mass is 10.1. The van der Waals surface area contributed by atoms with Crippen molar-refractivity contribution < 1.29 is 9.47 Å². The molecule has 0 aromatic heterocycles. The van der Waals surface area contributed by atoms with Gasteiger partial charge < -0.3 is 14.8 Å². The van der Waals surface area contributed by atoms with Crippen molar-refractivity contribution >= 4 is 0 Å². The Kier molecular flexibility index (Phi) is 6.41. The fraction of sp³-hybridized carbons (Fsp3) is 1.00. The number of methoxy groups -OCH3 is 1. The van der Waals surface area contributed by atoms with Crippen molar-refractivity contribution in [3.63, 3.8) is 0 Å². The molecule has 17 heavy (non-hydrogen) atoms. The third-order valence-electron chi connectivity index (χ3n) is 3.03. The fourth-order valence-electron chi connectivity index (χ4n) is 2.31. The van der Waals surface area contributed by atoms with Crippen molar-refractivity contribution in [1.29, 1.82) is 0 Å². The first kappa shape index (κ1) is 14.9. The van der Waals surface area contributed by atoms with Gasteiger partial charge in [-0.25, -0.2) is 0 Å². The van der Waals surface area contributed by atoms with Gasteiger partial charge in [0.15, 0.2) is 0 Å². The summed E-state index contributed by atoms with van der Waals surface area (Å²) in [5.74, 6) is 0. The lowest BCUT2D eigenvalue weighted by molar-refractivity contribution is -0.0887. The van der Waals surface area contributed by atoms with E-state index in [-0.39, 0.29) is 5.60 Å². The molecule has 0 aromatic rings. The Bertz CT molecular complexity index is 210. The molecule has 0 spiro atoms. The molecule has 1 unspecified atom stereocenters. The van der Waals surface area contributed by atoms with E-state index in [0.29, 0.717) is 6.04 Å². The minimum Gasteiger partial charge on any atom is -0.383 e. The SMILES string of the molecule is CCCNC(COC)CN1CCOC(C)(C)C1. The molecule has 1 rings (SSSR count). The molecule has 1 saturated heterocycles. The third-order valence-corrected chi connectivity index (χ3v) is 3.03. The summed E-state index contributed by atoms with van der Waals surface area (Å²) >= 11 is 0. The second-order valence-electron chi connectivity index (χ2n) is 5.45. The zero-order valence-electron chi connectivity index (χ0n) is 11.8. The minimum absolute atomic E-state index is 0.0133. The number of rotatable bonds is 7. The predicted octanol–water partition coefficient (Wildman–Crippen LogP) is 1.11. The summed E-state index contributed by atoms with van der Waals surface area (Å²) < 4.78 is 11.0. The first-order valence-corrected chi connectivity index (χ1v) is 6.66. The van der Waals surface area contributed by atoms with E-state index in [0.717, 1.165) is 45.8 Å². The lowest BCUT2D eigenvalue weighted by Gasteiger charge is -2.39. The molecule has 4 nitrogen and oxygen atoms in total. The number of hydrogen-bond acceptors (Lipinski definition) is 4. The molecule has 0 bridgehead atoms. The minimum atomic E-state index is -0.0133. The Morgan fingerprint density at radius 3 is 2.82 bits per heavy atom.